The lowest BCUT2D eigenvalue weighted by molar-refractivity contribution is 0.526. The molecule has 94 valence electrons. The van der Waals surface area contributed by atoms with Gasteiger partial charge in [-0.3, -0.25) is 0 Å². The van der Waals surface area contributed by atoms with Crippen LogP contribution in [-0.4, -0.2) is 26.8 Å². The molecular weight excluding hydrogens is 302 g/mol. The fraction of sp³-hybridized carbons (Fsp3) is 0.500. The van der Waals surface area contributed by atoms with Gasteiger partial charge < -0.3 is 5.32 Å². The van der Waals surface area contributed by atoms with Gasteiger partial charge in [-0.15, -0.1) is 0 Å². The van der Waals surface area contributed by atoms with Crippen molar-refractivity contribution in [2.24, 2.45) is 0 Å². The van der Waals surface area contributed by atoms with Gasteiger partial charge in [0, 0.05) is 10.5 Å². The average Bonchev–Trinajstić information content (AvgIpc) is 2.53. The van der Waals surface area contributed by atoms with Gasteiger partial charge in [-0.1, -0.05) is 22.0 Å². The molecule has 2 rings (SSSR count). The van der Waals surface area contributed by atoms with E-state index in [-0.39, 0.29) is 11.3 Å². The number of fused-ring (bicyclic) bond motifs is 1. The molecule has 0 bridgehead atoms. The fourth-order valence-corrected chi connectivity index (χ4v) is 4.99. The molecule has 17 heavy (non-hydrogen) atoms. The van der Waals surface area contributed by atoms with Crippen LogP contribution in [0.2, 0.25) is 0 Å². The first-order chi connectivity index (χ1) is 7.96. The summed E-state index contributed by atoms with van der Waals surface area (Å²) in [5.41, 5.74) is 0.931. The third kappa shape index (κ3) is 2.28. The maximum Gasteiger partial charge on any atom is 0.181 e. The third-order valence-electron chi connectivity index (χ3n) is 3.36. The van der Waals surface area contributed by atoms with Crippen molar-refractivity contribution in [3.63, 3.8) is 0 Å². The smallest absolute Gasteiger partial charge is 0.181 e. The van der Waals surface area contributed by atoms with Crippen molar-refractivity contribution in [3.05, 3.63) is 28.2 Å². The molecule has 1 aromatic carbocycles. The van der Waals surface area contributed by atoms with Crippen LogP contribution in [0.3, 0.4) is 0 Å². The zero-order valence-corrected chi connectivity index (χ0v) is 12.3. The Balaban J connectivity index is 2.37. The Kier molecular flexibility index (Phi) is 3.61. The number of nitrogens with one attached hydrogen (secondary N) is 1. The molecule has 0 saturated heterocycles. The number of rotatable bonds is 3. The fourth-order valence-electron chi connectivity index (χ4n) is 2.24. The number of hydrogen-bond acceptors (Lipinski definition) is 3. The number of halogens is 1. The lowest BCUT2D eigenvalue weighted by Crippen LogP contribution is -2.29. The highest BCUT2D eigenvalue weighted by Crippen LogP contribution is 2.37. The van der Waals surface area contributed by atoms with E-state index in [0.717, 1.165) is 10.0 Å². The Morgan fingerprint density at radius 2 is 2.24 bits per heavy atom. The molecule has 1 aromatic rings. The van der Waals surface area contributed by atoms with Gasteiger partial charge >= 0.3 is 0 Å². The van der Waals surface area contributed by atoms with E-state index < -0.39 is 9.84 Å². The SMILES string of the molecule is CNC(C)CC1Cc2c(Br)cccc2S1(=O)=O. The first-order valence-corrected chi connectivity index (χ1v) is 7.99. The van der Waals surface area contributed by atoms with Gasteiger partial charge in [0.2, 0.25) is 0 Å². The van der Waals surface area contributed by atoms with Crippen LogP contribution in [0.1, 0.15) is 18.9 Å². The van der Waals surface area contributed by atoms with Gasteiger partial charge in [0.1, 0.15) is 0 Å². The van der Waals surface area contributed by atoms with E-state index in [0.29, 0.717) is 17.7 Å². The highest BCUT2D eigenvalue weighted by molar-refractivity contribution is 9.10. The summed E-state index contributed by atoms with van der Waals surface area (Å²) in [6.07, 6.45) is 1.27. The molecule has 1 heterocycles. The van der Waals surface area contributed by atoms with Gasteiger partial charge in [0.15, 0.2) is 9.84 Å². The lowest BCUT2D eigenvalue weighted by atomic mass is 10.1. The first kappa shape index (κ1) is 13.1. The molecule has 2 unspecified atom stereocenters. The van der Waals surface area contributed by atoms with Gasteiger partial charge in [0.25, 0.3) is 0 Å². The molecule has 0 spiro atoms. The molecule has 1 N–H and O–H groups in total. The number of hydrogen-bond donors (Lipinski definition) is 1. The van der Waals surface area contributed by atoms with Crippen LogP contribution in [0.5, 0.6) is 0 Å². The Hall–Kier alpha value is -0.390. The second-order valence-electron chi connectivity index (χ2n) is 4.51. The van der Waals surface area contributed by atoms with Gasteiger partial charge in [0.05, 0.1) is 10.1 Å². The highest BCUT2D eigenvalue weighted by Gasteiger charge is 2.38. The quantitative estimate of drug-likeness (QED) is 0.929. The largest absolute Gasteiger partial charge is 0.317 e. The van der Waals surface area contributed by atoms with Crippen molar-refractivity contribution in [3.8, 4) is 0 Å². The zero-order valence-electron chi connectivity index (χ0n) is 9.90. The molecule has 0 fully saturated rings. The van der Waals surface area contributed by atoms with Crippen LogP contribution < -0.4 is 5.32 Å². The Morgan fingerprint density at radius 1 is 1.53 bits per heavy atom. The molecule has 1 aliphatic rings. The van der Waals surface area contributed by atoms with E-state index in [2.05, 4.69) is 21.2 Å². The number of benzene rings is 1. The Bertz CT molecular complexity index is 527. The van der Waals surface area contributed by atoms with E-state index in [1.165, 1.54) is 0 Å². The van der Waals surface area contributed by atoms with Crippen molar-refractivity contribution >= 4 is 25.8 Å². The standard InChI is InChI=1S/C12H16BrNO2S/c1-8(14-2)6-9-7-10-11(13)4-3-5-12(10)17(9,15)16/h3-5,8-9,14H,6-7H2,1-2H3. The first-order valence-electron chi connectivity index (χ1n) is 5.65. The lowest BCUT2D eigenvalue weighted by Gasteiger charge is -2.15. The maximum absolute atomic E-state index is 12.3. The van der Waals surface area contributed by atoms with E-state index in [1.807, 2.05) is 20.0 Å². The van der Waals surface area contributed by atoms with E-state index in [1.54, 1.807) is 12.1 Å². The monoisotopic (exact) mass is 317 g/mol. The van der Waals surface area contributed by atoms with Gasteiger partial charge in [-0.25, -0.2) is 8.42 Å². The van der Waals surface area contributed by atoms with Crippen LogP contribution in [0.4, 0.5) is 0 Å². The van der Waals surface area contributed by atoms with E-state index in [4.69, 9.17) is 0 Å². The van der Waals surface area contributed by atoms with Gasteiger partial charge in [-0.05, 0) is 44.5 Å². The third-order valence-corrected chi connectivity index (χ3v) is 6.34. The maximum atomic E-state index is 12.3. The zero-order chi connectivity index (χ0) is 12.6. The van der Waals surface area contributed by atoms with Crippen LogP contribution in [0.15, 0.2) is 27.6 Å². The van der Waals surface area contributed by atoms with Crippen molar-refractivity contribution in [2.45, 2.75) is 36.0 Å². The summed E-state index contributed by atoms with van der Waals surface area (Å²) < 4.78 is 25.6. The molecule has 0 saturated carbocycles. The predicted octanol–water partition coefficient (Wildman–Crippen LogP) is 2.15. The summed E-state index contributed by atoms with van der Waals surface area (Å²) in [6.45, 7) is 2.01. The van der Waals surface area contributed by atoms with E-state index in [9.17, 15) is 8.42 Å². The minimum absolute atomic E-state index is 0.211. The highest BCUT2D eigenvalue weighted by atomic mass is 79.9. The summed E-state index contributed by atoms with van der Waals surface area (Å²) in [4.78, 5) is 0.500. The van der Waals surface area contributed by atoms with Crippen LogP contribution in [0.25, 0.3) is 0 Å². The molecular formula is C12H16BrNO2S. The Labute approximate surface area is 111 Å². The number of sulfone groups is 1. The molecule has 0 radical (unpaired) electrons. The second-order valence-corrected chi connectivity index (χ2v) is 7.56. The minimum atomic E-state index is -3.14. The molecule has 2 atom stereocenters. The molecule has 0 amide bonds. The van der Waals surface area contributed by atoms with Crippen molar-refractivity contribution < 1.29 is 8.42 Å². The molecule has 0 aliphatic carbocycles. The van der Waals surface area contributed by atoms with Crippen molar-refractivity contribution in [1.82, 2.24) is 5.32 Å². The normalized spacial score (nSPS) is 23.4. The van der Waals surface area contributed by atoms with Crippen molar-refractivity contribution in [1.29, 1.82) is 0 Å². The summed E-state index contributed by atoms with van der Waals surface area (Å²) in [7, 11) is -1.29. The van der Waals surface area contributed by atoms with E-state index >= 15 is 0 Å². The minimum Gasteiger partial charge on any atom is -0.317 e. The topological polar surface area (TPSA) is 46.2 Å². The predicted molar refractivity (Wildman–Crippen MR) is 72.0 cm³/mol. The molecule has 0 aromatic heterocycles. The van der Waals surface area contributed by atoms with Crippen LogP contribution >= 0.6 is 15.9 Å². The van der Waals surface area contributed by atoms with Crippen LogP contribution in [0, 0.1) is 0 Å². The summed E-state index contributed by atoms with van der Waals surface area (Å²) >= 11 is 3.43. The average molecular weight is 318 g/mol. The Morgan fingerprint density at radius 3 is 2.82 bits per heavy atom. The summed E-state index contributed by atoms with van der Waals surface area (Å²) in [5.74, 6) is 0. The van der Waals surface area contributed by atoms with Crippen molar-refractivity contribution in [2.75, 3.05) is 7.05 Å². The molecule has 1 aliphatic heterocycles. The van der Waals surface area contributed by atoms with Crippen LogP contribution in [-0.2, 0) is 16.3 Å². The summed E-state index contributed by atoms with van der Waals surface area (Å²) in [5, 5.41) is 2.80. The second kappa shape index (κ2) is 4.71. The molecule has 3 nitrogen and oxygen atoms in total. The molecule has 5 heteroatoms. The summed E-state index contributed by atoms with van der Waals surface area (Å²) in [6, 6.07) is 5.60. The van der Waals surface area contributed by atoms with Gasteiger partial charge in [-0.2, -0.15) is 0 Å².